The molecule has 0 atom stereocenters. The molecular weight excluding hydrogens is 196 g/mol. The van der Waals surface area contributed by atoms with E-state index in [2.05, 4.69) is 53.9 Å². The van der Waals surface area contributed by atoms with E-state index in [9.17, 15) is 0 Å². The van der Waals surface area contributed by atoms with E-state index in [0.717, 1.165) is 0 Å². The highest BCUT2D eigenvalue weighted by molar-refractivity contribution is 5.97. The van der Waals surface area contributed by atoms with Gasteiger partial charge < -0.3 is 9.55 Å². The van der Waals surface area contributed by atoms with E-state index < -0.39 is 0 Å². The molecule has 0 fully saturated rings. The molecule has 80 valence electrons. The van der Waals surface area contributed by atoms with Crippen molar-refractivity contribution < 1.29 is 0 Å². The molecule has 0 amide bonds. The third-order valence-electron chi connectivity index (χ3n) is 3.27. The number of H-pyrrole nitrogens is 1. The van der Waals surface area contributed by atoms with Crippen LogP contribution in [0.25, 0.3) is 22.2 Å². The quantitative estimate of drug-likeness (QED) is 0.634. The molecule has 0 radical (unpaired) electrons. The van der Waals surface area contributed by atoms with Gasteiger partial charge in [-0.05, 0) is 25.1 Å². The average molecular weight is 210 g/mol. The van der Waals surface area contributed by atoms with Gasteiger partial charge in [-0.25, -0.2) is 0 Å². The van der Waals surface area contributed by atoms with Crippen molar-refractivity contribution in [2.45, 2.75) is 6.92 Å². The second-order valence-electron chi connectivity index (χ2n) is 4.12. The van der Waals surface area contributed by atoms with Crippen molar-refractivity contribution >= 4 is 10.9 Å². The number of fused-ring (bicyclic) bond motifs is 1. The molecule has 2 heteroatoms. The van der Waals surface area contributed by atoms with E-state index in [0.29, 0.717) is 0 Å². The van der Waals surface area contributed by atoms with Crippen LogP contribution in [-0.4, -0.2) is 9.55 Å². The highest BCUT2D eigenvalue weighted by Gasteiger charge is 2.12. The zero-order valence-electron chi connectivity index (χ0n) is 9.49. The maximum absolute atomic E-state index is 3.29. The standard InChI is InChI=1S/C14H14N2/c1-10-14(12-7-5-9-15-12)11-6-3-4-8-13(11)16(10)2/h3-9,15H,1-2H3. The molecule has 2 nitrogen and oxygen atoms in total. The Bertz CT molecular complexity index is 630. The SMILES string of the molecule is Cc1c(-c2ccc[nH]2)c2ccccc2n1C. The monoisotopic (exact) mass is 210 g/mol. The fourth-order valence-electron chi connectivity index (χ4n) is 2.35. The molecule has 0 saturated heterocycles. The summed E-state index contributed by atoms with van der Waals surface area (Å²) in [5, 5.41) is 1.31. The van der Waals surface area contributed by atoms with Crippen LogP contribution in [0.15, 0.2) is 42.6 Å². The van der Waals surface area contributed by atoms with Gasteiger partial charge in [0.15, 0.2) is 0 Å². The predicted molar refractivity (Wildman–Crippen MR) is 67.4 cm³/mol. The maximum atomic E-state index is 3.29. The molecule has 0 spiro atoms. The van der Waals surface area contributed by atoms with Crippen LogP contribution in [0.2, 0.25) is 0 Å². The number of hydrogen-bond acceptors (Lipinski definition) is 0. The van der Waals surface area contributed by atoms with Gasteiger partial charge in [-0.15, -0.1) is 0 Å². The minimum absolute atomic E-state index is 1.19. The number of hydrogen-bond donors (Lipinski definition) is 1. The van der Waals surface area contributed by atoms with Gasteiger partial charge in [0.25, 0.3) is 0 Å². The number of para-hydroxylation sites is 1. The fourth-order valence-corrected chi connectivity index (χ4v) is 2.35. The topological polar surface area (TPSA) is 20.7 Å². The lowest BCUT2D eigenvalue weighted by Gasteiger charge is -1.99. The Hall–Kier alpha value is -1.96. The summed E-state index contributed by atoms with van der Waals surface area (Å²) in [6.45, 7) is 2.16. The van der Waals surface area contributed by atoms with Gasteiger partial charge in [-0.3, -0.25) is 0 Å². The Morgan fingerprint density at radius 2 is 1.88 bits per heavy atom. The first-order chi connectivity index (χ1) is 7.79. The summed E-state index contributed by atoms with van der Waals surface area (Å²) in [6.07, 6.45) is 1.97. The van der Waals surface area contributed by atoms with Gasteiger partial charge in [-0.2, -0.15) is 0 Å². The predicted octanol–water partition coefficient (Wildman–Crippen LogP) is 3.48. The number of rotatable bonds is 1. The molecule has 1 aromatic carbocycles. The van der Waals surface area contributed by atoms with Crippen molar-refractivity contribution in [3.05, 3.63) is 48.3 Å². The summed E-state index contributed by atoms with van der Waals surface area (Å²) in [5.41, 5.74) is 5.07. The first-order valence-electron chi connectivity index (χ1n) is 5.47. The second kappa shape index (κ2) is 3.27. The van der Waals surface area contributed by atoms with E-state index in [-0.39, 0.29) is 0 Å². The number of nitrogens with zero attached hydrogens (tertiary/aromatic N) is 1. The van der Waals surface area contributed by atoms with Crippen LogP contribution >= 0.6 is 0 Å². The van der Waals surface area contributed by atoms with Gasteiger partial charge in [0.1, 0.15) is 0 Å². The van der Waals surface area contributed by atoms with E-state index in [1.165, 1.54) is 27.9 Å². The van der Waals surface area contributed by atoms with Crippen LogP contribution in [0.3, 0.4) is 0 Å². The van der Waals surface area contributed by atoms with Gasteiger partial charge >= 0.3 is 0 Å². The Balaban J connectivity index is 2.44. The molecule has 0 saturated carbocycles. The molecule has 16 heavy (non-hydrogen) atoms. The molecule has 3 aromatic rings. The fraction of sp³-hybridized carbons (Fsp3) is 0.143. The van der Waals surface area contributed by atoms with Gasteiger partial charge in [0.05, 0.1) is 0 Å². The van der Waals surface area contributed by atoms with Crippen LogP contribution < -0.4 is 0 Å². The molecule has 0 aliphatic carbocycles. The Kier molecular flexibility index (Phi) is 1.90. The number of benzene rings is 1. The second-order valence-corrected chi connectivity index (χ2v) is 4.12. The third-order valence-corrected chi connectivity index (χ3v) is 3.27. The molecule has 0 bridgehead atoms. The third kappa shape index (κ3) is 1.13. The van der Waals surface area contributed by atoms with Crippen molar-refractivity contribution in [3.8, 4) is 11.3 Å². The van der Waals surface area contributed by atoms with Gasteiger partial charge in [-0.1, -0.05) is 18.2 Å². The van der Waals surface area contributed by atoms with E-state index in [1.807, 2.05) is 12.3 Å². The van der Waals surface area contributed by atoms with Crippen LogP contribution in [-0.2, 0) is 7.05 Å². The number of aromatic nitrogens is 2. The summed E-state index contributed by atoms with van der Waals surface area (Å²) < 4.78 is 2.24. The lowest BCUT2D eigenvalue weighted by atomic mass is 10.1. The van der Waals surface area contributed by atoms with Gasteiger partial charge in [0, 0.05) is 41.1 Å². The molecule has 2 aromatic heterocycles. The smallest absolute Gasteiger partial charge is 0.0486 e. The molecule has 1 N–H and O–H groups in total. The summed E-state index contributed by atoms with van der Waals surface area (Å²) >= 11 is 0. The first-order valence-corrected chi connectivity index (χ1v) is 5.47. The van der Waals surface area contributed by atoms with Crippen molar-refractivity contribution in [1.29, 1.82) is 0 Å². The van der Waals surface area contributed by atoms with E-state index >= 15 is 0 Å². The van der Waals surface area contributed by atoms with Crippen LogP contribution in [0.4, 0.5) is 0 Å². The highest BCUT2D eigenvalue weighted by atomic mass is 14.9. The Labute approximate surface area is 94.5 Å². The lowest BCUT2D eigenvalue weighted by molar-refractivity contribution is 0.919. The Morgan fingerprint density at radius 1 is 1.06 bits per heavy atom. The van der Waals surface area contributed by atoms with Crippen molar-refractivity contribution in [2.24, 2.45) is 7.05 Å². The van der Waals surface area contributed by atoms with Crippen molar-refractivity contribution in [1.82, 2.24) is 9.55 Å². The minimum atomic E-state index is 1.19. The first kappa shape index (κ1) is 9.28. The summed E-state index contributed by atoms with van der Waals surface area (Å²) in [7, 11) is 2.12. The summed E-state index contributed by atoms with van der Waals surface area (Å²) in [6, 6.07) is 12.7. The number of aryl methyl sites for hydroxylation is 1. The van der Waals surface area contributed by atoms with Crippen LogP contribution in [0.5, 0.6) is 0 Å². The molecule has 3 rings (SSSR count). The average Bonchev–Trinajstić information content (AvgIpc) is 2.89. The largest absolute Gasteiger partial charge is 0.361 e. The zero-order chi connectivity index (χ0) is 11.1. The molecule has 0 unspecified atom stereocenters. The zero-order valence-corrected chi connectivity index (χ0v) is 9.49. The molecule has 0 aliphatic heterocycles. The number of nitrogens with one attached hydrogen (secondary N) is 1. The lowest BCUT2D eigenvalue weighted by Crippen LogP contribution is -1.90. The van der Waals surface area contributed by atoms with Crippen LogP contribution in [0, 0.1) is 6.92 Å². The summed E-state index contributed by atoms with van der Waals surface area (Å²) in [4.78, 5) is 3.29. The molecule has 2 heterocycles. The van der Waals surface area contributed by atoms with Gasteiger partial charge in [0.2, 0.25) is 0 Å². The van der Waals surface area contributed by atoms with E-state index in [1.54, 1.807) is 0 Å². The molecule has 0 aliphatic rings. The normalized spacial score (nSPS) is 11.1. The van der Waals surface area contributed by atoms with E-state index in [4.69, 9.17) is 0 Å². The minimum Gasteiger partial charge on any atom is -0.361 e. The maximum Gasteiger partial charge on any atom is 0.0486 e. The van der Waals surface area contributed by atoms with Crippen molar-refractivity contribution in [2.75, 3.05) is 0 Å². The van der Waals surface area contributed by atoms with Crippen LogP contribution in [0.1, 0.15) is 5.69 Å². The highest BCUT2D eigenvalue weighted by Crippen LogP contribution is 2.32. The summed E-state index contributed by atoms with van der Waals surface area (Å²) in [5.74, 6) is 0. The number of aromatic amines is 1. The molecular formula is C14H14N2. The Morgan fingerprint density at radius 3 is 2.62 bits per heavy atom. The van der Waals surface area contributed by atoms with Crippen molar-refractivity contribution in [3.63, 3.8) is 0 Å².